The van der Waals surface area contributed by atoms with Crippen molar-refractivity contribution in [3.05, 3.63) is 36.0 Å². The number of fused-ring (bicyclic) bond motifs is 3. The molecule has 3 saturated heterocycles. The SMILES string of the molecule is Cc1nc(-c2ccco2)cc([C@H]2CN3CC[C@H]2C[C@@H]3CNC2CCCCC2)n1. The van der Waals surface area contributed by atoms with Crippen molar-refractivity contribution in [1.82, 2.24) is 20.2 Å². The molecule has 0 aromatic carbocycles. The van der Waals surface area contributed by atoms with Gasteiger partial charge in [-0.25, -0.2) is 9.97 Å². The molecule has 0 spiro atoms. The molecule has 4 atom stereocenters. The minimum atomic E-state index is 0.523. The van der Waals surface area contributed by atoms with Crippen LogP contribution in [0.3, 0.4) is 0 Å². The summed E-state index contributed by atoms with van der Waals surface area (Å²) in [5, 5.41) is 3.89. The van der Waals surface area contributed by atoms with Crippen molar-refractivity contribution in [2.45, 2.75) is 69.9 Å². The van der Waals surface area contributed by atoms with Gasteiger partial charge in [0.2, 0.25) is 0 Å². The molecule has 5 heteroatoms. The van der Waals surface area contributed by atoms with Crippen LogP contribution < -0.4 is 5.32 Å². The van der Waals surface area contributed by atoms with Crippen LogP contribution in [0.5, 0.6) is 0 Å². The number of nitrogens with zero attached hydrogens (tertiary/aromatic N) is 3. The van der Waals surface area contributed by atoms with E-state index in [1.54, 1.807) is 6.26 Å². The highest BCUT2D eigenvalue weighted by Crippen LogP contribution is 2.41. The summed E-state index contributed by atoms with van der Waals surface area (Å²) in [6.45, 7) is 5.53. The maximum atomic E-state index is 5.58. The van der Waals surface area contributed by atoms with Gasteiger partial charge in [0.1, 0.15) is 11.5 Å². The largest absolute Gasteiger partial charge is 0.463 e. The summed E-state index contributed by atoms with van der Waals surface area (Å²) in [7, 11) is 0. The number of piperidine rings is 3. The Labute approximate surface area is 167 Å². The Morgan fingerprint density at radius 3 is 2.82 bits per heavy atom. The third-order valence-corrected chi connectivity index (χ3v) is 7.14. The first-order valence-corrected chi connectivity index (χ1v) is 11.1. The van der Waals surface area contributed by atoms with Gasteiger partial charge in [0, 0.05) is 36.8 Å². The quantitative estimate of drug-likeness (QED) is 0.845. The number of hydrogen-bond donors (Lipinski definition) is 1. The molecule has 1 saturated carbocycles. The summed E-state index contributed by atoms with van der Waals surface area (Å²) >= 11 is 0. The van der Waals surface area contributed by atoms with Crippen molar-refractivity contribution in [2.24, 2.45) is 5.92 Å². The third-order valence-electron chi connectivity index (χ3n) is 7.14. The molecule has 2 aromatic rings. The second-order valence-corrected chi connectivity index (χ2v) is 8.99. The first-order valence-electron chi connectivity index (χ1n) is 11.1. The van der Waals surface area contributed by atoms with Crippen LogP contribution in [-0.2, 0) is 0 Å². The second-order valence-electron chi connectivity index (χ2n) is 8.99. The summed E-state index contributed by atoms with van der Waals surface area (Å²) < 4.78 is 5.58. The van der Waals surface area contributed by atoms with E-state index in [9.17, 15) is 0 Å². The van der Waals surface area contributed by atoms with Gasteiger partial charge < -0.3 is 9.73 Å². The first kappa shape index (κ1) is 18.3. The van der Waals surface area contributed by atoms with Crippen LogP contribution in [0.1, 0.15) is 62.4 Å². The Morgan fingerprint density at radius 2 is 2.07 bits per heavy atom. The molecular weight excluding hydrogens is 348 g/mol. The Morgan fingerprint density at radius 1 is 1.18 bits per heavy atom. The van der Waals surface area contributed by atoms with Crippen molar-refractivity contribution >= 4 is 0 Å². The normalized spacial score (nSPS) is 30.6. The van der Waals surface area contributed by atoms with Crippen LogP contribution in [-0.4, -0.2) is 46.6 Å². The number of rotatable bonds is 5. The number of aromatic nitrogens is 2. The zero-order valence-corrected chi connectivity index (χ0v) is 16.9. The molecule has 2 aromatic heterocycles. The van der Waals surface area contributed by atoms with Crippen LogP contribution in [0.15, 0.2) is 28.9 Å². The number of nitrogens with one attached hydrogen (secondary N) is 1. The van der Waals surface area contributed by atoms with Gasteiger partial charge in [0.15, 0.2) is 5.76 Å². The molecule has 5 heterocycles. The van der Waals surface area contributed by atoms with E-state index in [1.807, 2.05) is 19.1 Å². The van der Waals surface area contributed by atoms with E-state index in [0.29, 0.717) is 12.0 Å². The molecule has 3 aliphatic heterocycles. The molecule has 5 nitrogen and oxygen atoms in total. The molecule has 1 N–H and O–H groups in total. The summed E-state index contributed by atoms with van der Waals surface area (Å²) in [5.41, 5.74) is 2.12. The molecule has 0 radical (unpaired) electrons. The maximum Gasteiger partial charge on any atom is 0.152 e. The Kier molecular flexibility index (Phi) is 5.20. The van der Waals surface area contributed by atoms with Gasteiger partial charge >= 0.3 is 0 Å². The van der Waals surface area contributed by atoms with Crippen molar-refractivity contribution in [1.29, 1.82) is 0 Å². The second kappa shape index (κ2) is 7.96. The highest BCUT2D eigenvalue weighted by Gasteiger charge is 2.41. The van der Waals surface area contributed by atoms with Crippen molar-refractivity contribution in [2.75, 3.05) is 19.6 Å². The lowest BCUT2D eigenvalue weighted by Gasteiger charge is -2.50. The van der Waals surface area contributed by atoms with Crippen LogP contribution in [0.25, 0.3) is 11.5 Å². The van der Waals surface area contributed by atoms with Gasteiger partial charge in [-0.2, -0.15) is 0 Å². The summed E-state index contributed by atoms with van der Waals surface area (Å²) in [5.74, 6) is 2.94. The van der Waals surface area contributed by atoms with E-state index >= 15 is 0 Å². The molecule has 4 aliphatic rings. The first-order chi connectivity index (χ1) is 13.8. The van der Waals surface area contributed by atoms with Crippen LogP contribution in [0.4, 0.5) is 0 Å². The zero-order chi connectivity index (χ0) is 18.9. The fourth-order valence-corrected chi connectivity index (χ4v) is 5.63. The summed E-state index contributed by atoms with van der Waals surface area (Å²) in [6, 6.07) is 7.52. The molecule has 6 rings (SSSR count). The molecule has 1 aliphatic carbocycles. The van der Waals surface area contributed by atoms with Gasteiger partial charge in [-0.15, -0.1) is 0 Å². The molecule has 1 unspecified atom stereocenters. The molecule has 4 fully saturated rings. The summed E-state index contributed by atoms with van der Waals surface area (Å²) in [4.78, 5) is 12.1. The van der Waals surface area contributed by atoms with Gasteiger partial charge in [-0.3, -0.25) is 4.90 Å². The van der Waals surface area contributed by atoms with E-state index in [1.165, 1.54) is 57.2 Å². The van der Waals surface area contributed by atoms with E-state index in [0.717, 1.165) is 42.3 Å². The predicted octanol–water partition coefficient (Wildman–Crippen LogP) is 4.15. The topological polar surface area (TPSA) is 54.2 Å². The Balaban J connectivity index is 1.27. The third kappa shape index (κ3) is 3.74. The minimum absolute atomic E-state index is 0.523. The number of aryl methyl sites for hydroxylation is 1. The molecule has 0 amide bonds. The van der Waals surface area contributed by atoms with Gasteiger partial charge in [0.05, 0.1) is 6.26 Å². The zero-order valence-electron chi connectivity index (χ0n) is 16.9. The highest BCUT2D eigenvalue weighted by atomic mass is 16.3. The number of hydrogen-bond acceptors (Lipinski definition) is 5. The lowest BCUT2D eigenvalue weighted by Crippen LogP contribution is -2.56. The molecule has 28 heavy (non-hydrogen) atoms. The van der Waals surface area contributed by atoms with Gasteiger partial charge in [0.25, 0.3) is 0 Å². The van der Waals surface area contributed by atoms with E-state index < -0.39 is 0 Å². The van der Waals surface area contributed by atoms with E-state index in [-0.39, 0.29) is 0 Å². The molecule has 2 bridgehead atoms. The van der Waals surface area contributed by atoms with Crippen LogP contribution in [0.2, 0.25) is 0 Å². The van der Waals surface area contributed by atoms with Crippen LogP contribution in [0, 0.1) is 12.8 Å². The van der Waals surface area contributed by atoms with Crippen molar-refractivity contribution < 1.29 is 4.42 Å². The van der Waals surface area contributed by atoms with Gasteiger partial charge in [-0.1, -0.05) is 19.3 Å². The van der Waals surface area contributed by atoms with E-state index in [2.05, 4.69) is 21.3 Å². The Hall–Kier alpha value is -1.72. The fourth-order valence-electron chi connectivity index (χ4n) is 5.63. The lowest BCUT2D eigenvalue weighted by atomic mass is 9.74. The number of furan rings is 1. The molecule has 150 valence electrons. The van der Waals surface area contributed by atoms with Crippen molar-refractivity contribution in [3.63, 3.8) is 0 Å². The molecular formula is C23H32N4O. The van der Waals surface area contributed by atoms with Crippen LogP contribution >= 0.6 is 0 Å². The average molecular weight is 381 g/mol. The Bertz CT molecular complexity index is 784. The highest BCUT2D eigenvalue weighted by molar-refractivity contribution is 5.52. The predicted molar refractivity (Wildman–Crippen MR) is 110 cm³/mol. The minimum Gasteiger partial charge on any atom is -0.463 e. The maximum absolute atomic E-state index is 5.58. The van der Waals surface area contributed by atoms with Crippen molar-refractivity contribution in [3.8, 4) is 11.5 Å². The van der Waals surface area contributed by atoms with E-state index in [4.69, 9.17) is 9.40 Å². The average Bonchev–Trinajstić information content (AvgIpc) is 3.28. The monoisotopic (exact) mass is 380 g/mol. The van der Waals surface area contributed by atoms with Gasteiger partial charge in [-0.05, 0) is 63.3 Å². The fraction of sp³-hybridized carbons (Fsp3) is 0.652. The standard InChI is InChI=1S/C23H32N4O/c1-16-25-21(13-22(26-16)23-8-5-11-28-23)20-15-27-10-9-17(20)12-19(27)14-24-18-6-3-2-4-7-18/h5,8,11,13,17-20,24H,2-4,6-7,9-10,12,14-15H2,1H3/t17-,19+,20-/m0/s1. The summed E-state index contributed by atoms with van der Waals surface area (Å²) in [6.07, 6.45) is 11.3. The lowest BCUT2D eigenvalue weighted by molar-refractivity contribution is 0.0275. The smallest absolute Gasteiger partial charge is 0.152 e.